The lowest BCUT2D eigenvalue weighted by atomic mass is 9.94. The van der Waals surface area contributed by atoms with E-state index in [4.69, 9.17) is 4.84 Å². The molecule has 84 valence electrons. The van der Waals surface area contributed by atoms with Crippen molar-refractivity contribution in [3.8, 4) is 0 Å². The lowest BCUT2D eigenvalue weighted by Crippen LogP contribution is -2.41. The Morgan fingerprint density at radius 1 is 0.929 bits per heavy atom. The number of hydrogen-bond acceptors (Lipinski definition) is 2. The van der Waals surface area contributed by atoms with Crippen molar-refractivity contribution >= 4 is 0 Å². The molecule has 0 N–H and O–H groups in total. The van der Waals surface area contributed by atoms with Crippen LogP contribution in [-0.4, -0.2) is 23.8 Å². The van der Waals surface area contributed by atoms with Gasteiger partial charge in [-0.2, -0.15) is 5.06 Å². The van der Waals surface area contributed by atoms with Crippen LogP contribution in [0.15, 0.2) is 0 Å². The van der Waals surface area contributed by atoms with Gasteiger partial charge in [0.15, 0.2) is 0 Å². The summed E-state index contributed by atoms with van der Waals surface area (Å²) in [6, 6.07) is 0. The number of hydrogen-bond donors (Lipinski definition) is 0. The van der Waals surface area contributed by atoms with Crippen LogP contribution in [0.2, 0.25) is 0 Å². The zero-order valence-electron chi connectivity index (χ0n) is 10.0. The lowest BCUT2D eigenvalue weighted by Gasteiger charge is -2.37. The highest BCUT2D eigenvalue weighted by atomic mass is 16.7. The van der Waals surface area contributed by atoms with E-state index >= 15 is 0 Å². The van der Waals surface area contributed by atoms with Gasteiger partial charge in [-0.25, -0.2) is 0 Å². The first-order valence-electron chi connectivity index (χ1n) is 6.20. The molecule has 0 amide bonds. The van der Waals surface area contributed by atoms with Crippen LogP contribution in [0.5, 0.6) is 0 Å². The molecule has 0 aromatic rings. The highest BCUT2D eigenvalue weighted by Gasteiger charge is 2.28. The van der Waals surface area contributed by atoms with Crippen LogP contribution in [0.4, 0.5) is 0 Å². The summed E-state index contributed by atoms with van der Waals surface area (Å²) < 4.78 is 0. The molecule has 0 spiro atoms. The number of nitrogens with zero attached hydrogens (tertiary/aromatic N) is 1. The summed E-state index contributed by atoms with van der Waals surface area (Å²) in [7, 11) is 0. The average Bonchev–Trinajstić information content (AvgIpc) is 2.28. The van der Waals surface area contributed by atoms with Gasteiger partial charge < -0.3 is 0 Å². The van der Waals surface area contributed by atoms with E-state index in [1.54, 1.807) is 0 Å². The minimum absolute atomic E-state index is 0.108. The van der Waals surface area contributed by atoms with Gasteiger partial charge in [-0.1, -0.05) is 27.2 Å². The minimum atomic E-state index is 0.108. The Bertz CT molecular complexity index is 140. The summed E-state index contributed by atoms with van der Waals surface area (Å²) in [6.07, 6.45) is 7.33. The van der Waals surface area contributed by atoms with Crippen LogP contribution >= 0.6 is 0 Å². The Morgan fingerprint density at radius 2 is 1.43 bits per heavy atom. The normalized spacial score (nSPS) is 19.9. The van der Waals surface area contributed by atoms with Crippen molar-refractivity contribution in [1.82, 2.24) is 5.06 Å². The van der Waals surface area contributed by atoms with Crippen LogP contribution in [-0.2, 0) is 4.84 Å². The second-order valence-corrected chi connectivity index (χ2v) is 4.32. The van der Waals surface area contributed by atoms with Gasteiger partial charge in [-0.3, -0.25) is 4.84 Å². The zero-order chi connectivity index (χ0) is 10.4. The third-order valence-electron chi connectivity index (χ3n) is 3.57. The van der Waals surface area contributed by atoms with Crippen LogP contribution < -0.4 is 0 Å². The van der Waals surface area contributed by atoms with Gasteiger partial charge in [0.25, 0.3) is 0 Å². The van der Waals surface area contributed by atoms with Gasteiger partial charge >= 0.3 is 0 Å². The summed E-state index contributed by atoms with van der Waals surface area (Å²) >= 11 is 0. The Labute approximate surface area is 88.6 Å². The molecule has 1 fully saturated rings. The highest BCUT2D eigenvalue weighted by molar-refractivity contribution is 4.75. The third-order valence-corrected chi connectivity index (χ3v) is 3.57. The van der Waals surface area contributed by atoms with Crippen molar-refractivity contribution < 1.29 is 4.84 Å². The van der Waals surface area contributed by atoms with E-state index in [0.717, 1.165) is 32.4 Å². The SMILES string of the molecule is CCC(CC)(CC)ON1CCCCC1. The fourth-order valence-corrected chi connectivity index (χ4v) is 2.17. The quantitative estimate of drug-likeness (QED) is 0.673. The lowest BCUT2D eigenvalue weighted by molar-refractivity contribution is -0.257. The first kappa shape index (κ1) is 12.0. The van der Waals surface area contributed by atoms with Gasteiger partial charge in [0, 0.05) is 13.1 Å². The summed E-state index contributed by atoms with van der Waals surface area (Å²) in [4.78, 5) is 6.16. The van der Waals surface area contributed by atoms with Gasteiger partial charge in [0.1, 0.15) is 0 Å². The summed E-state index contributed by atoms with van der Waals surface area (Å²) in [6.45, 7) is 8.95. The van der Waals surface area contributed by atoms with E-state index in [1.165, 1.54) is 19.3 Å². The molecule has 0 unspecified atom stereocenters. The topological polar surface area (TPSA) is 12.5 Å². The molecule has 1 saturated heterocycles. The second-order valence-electron chi connectivity index (χ2n) is 4.32. The van der Waals surface area contributed by atoms with Crippen LogP contribution in [0, 0.1) is 0 Å². The molecule has 1 aliphatic rings. The molecule has 14 heavy (non-hydrogen) atoms. The molecule has 2 nitrogen and oxygen atoms in total. The van der Waals surface area contributed by atoms with E-state index in [0.29, 0.717) is 0 Å². The molecular weight excluding hydrogens is 174 g/mol. The summed E-state index contributed by atoms with van der Waals surface area (Å²) in [5.41, 5.74) is 0.108. The predicted octanol–water partition coefficient (Wildman–Crippen LogP) is 3.37. The molecule has 2 heteroatoms. The Kier molecular flexibility index (Phi) is 4.90. The van der Waals surface area contributed by atoms with Gasteiger partial charge in [0.2, 0.25) is 0 Å². The number of rotatable bonds is 5. The van der Waals surface area contributed by atoms with E-state index in [-0.39, 0.29) is 5.60 Å². The molecule has 0 aliphatic carbocycles. The predicted molar refractivity (Wildman–Crippen MR) is 60.1 cm³/mol. The monoisotopic (exact) mass is 199 g/mol. The minimum Gasteiger partial charge on any atom is -0.292 e. The Morgan fingerprint density at radius 3 is 1.86 bits per heavy atom. The molecule has 0 aromatic heterocycles. The molecule has 0 saturated carbocycles. The molecule has 1 heterocycles. The van der Waals surface area contributed by atoms with Gasteiger partial charge in [-0.05, 0) is 32.1 Å². The fraction of sp³-hybridized carbons (Fsp3) is 1.00. The van der Waals surface area contributed by atoms with Crippen LogP contribution in [0.1, 0.15) is 59.3 Å². The standard InChI is InChI=1S/C12H25NO/c1-4-12(5-2,6-3)14-13-10-8-7-9-11-13/h4-11H2,1-3H3. The van der Waals surface area contributed by atoms with Crippen molar-refractivity contribution in [3.63, 3.8) is 0 Å². The number of hydroxylamine groups is 2. The molecule has 0 atom stereocenters. The molecule has 1 aliphatic heterocycles. The molecule has 1 rings (SSSR count). The average molecular weight is 199 g/mol. The Balaban J connectivity index is 2.44. The van der Waals surface area contributed by atoms with Gasteiger partial charge in [0.05, 0.1) is 5.60 Å². The third kappa shape index (κ3) is 2.96. The maximum atomic E-state index is 6.16. The van der Waals surface area contributed by atoms with E-state index in [2.05, 4.69) is 25.8 Å². The van der Waals surface area contributed by atoms with E-state index in [9.17, 15) is 0 Å². The molecule has 0 radical (unpaired) electrons. The van der Waals surface area contributed by atoms with E-state index < -0.39 is 0 Å². The number of piperidine rings is 1. The van der Waals surface area contributed by atoms with Crippen molar-refractivity contribution in [1.29, 1.82) is 0 Å². The highest BCUT2D eigenvalue weighted by Crippen LogP contribution is 2.27. The maximum Gasteiger partial charge on any atom is 0.0891 e. The molecular formula is C12H25NO. The molecule has 0 bridgehead atoms. The van der Waals surface area contributed by atoms with Crippen molar-refractivity contribution in [2.45, 2.75) is 64.9 Å². The first-order valence-corrected chi connectivity index (χ1v) is 6.20. The smallest absolute Gasteiger partial charge is 0.0891 e. The van der Waals surface area contributed by atoms with Gasteiger partial charge in [-0.15, -0.1) is 0 Å². The fourth-order valence-electron chi connectivity index (χ4n) is 2.17. The largest absolute Gasteiger partial charge is 0.292 e. The summed E-state index contributed by atoms with van der Waals surface area (Å²) in [5.74, 6) is 0. The van der Waals surface area contributed by atoms with Crippen LogP contribution in [0.3, 0.4) is 0 Å². The zero-order valence-corrected chi connectivity index (χ0v) is 10.0. The molecule has 0 aromatic carbocycles. The van der Waals surface area contributed by atoms with E-state index in [1.807, 2.05) is 0 Å². The van der Waals surface area contributed by atoms with Crippen LogP contribution in [0.25, 0.3) is 0 Å². The first-order chi connectivity index (χ1) is 6.76. The maximum absolute atomic E-state index is 6.16. The summed E-state index contributed by atoms with van der Waals surface area (Å²) in [5, 5.41) is 2.19. The Hall–Kier alpha value is -0.0800. The van der Waals surface area contributed by atoms with Crippen molar-refractivity contribution in [3.05, 3.63) is 0 Å². The van der Waals surface area contributed by atoms with Crippen molar-refractivity contribution in [2.24, 2.45) is 0 Å². The van der Waals surface area contributed by atoms with Crippen molar-refractivity contribution in [2.75, 3.05) is 13.1 Å². The second kappa shape index (κ2) is 5.72.